The zero-order valence-corrected chi connectivity index (χ0v) is 18.9. The third-order valence-electron chi connectivity index (χ3n) is 4.36. The van der Waals surface area contributed by atoms with Crippen molar-refractivity contribution in [2.75, 3.05) is 16.4 Å². The number of aryl methyl sites for hydroxylation is 1. The number of carbonyl (C=O) groups excluding carboxylic acids is 2. The summed E-state index contributed by atoms with van der Waals surface area (Å²) in [5.74, 6) is -0.0733. The van der Waals surface area contributed by atoms with Crippen molar-refractivity contribution in [3.8, 4) is 0 Å². The molecule has 0 atom stereocenters. The molecule has 0 aliphatic heterocycles. The van der Waals surface area contributed by atoms with Crippen molar-refractivity contribution in [2.45, 2.75) is 11.8 Å². The number of amides is 2. The molecule has 4 rings (SSSR count). The Morgan fingerprint density at radius 1 is 1.03 bits per heavy atom. The molecule has 1 heterocycles. The highest BCUT2D eigenvalue weighted by atomic mass is 35.5. The van der Waals surface area contributed by atoms with Crippen LogP contribution in [0.2, 0.25) is 5.02 Å². The molecule has 0 fully saturated rings. The smallest absolute Gasteiger partial charge is 0.255 e. The van der Waals surface area contributed by atoms with Crippen molar-refractivity contribution >= 4 is 67.5 Å². The lowest BCUT2D eigenvalue weighted by Gasteiger charge is -2.07. The van der Waals surface area contributed by atoms with Crippen LogP contribution in [0.25, 0.3) is 10.2 Å². The van der Waals surface area contributed by atoms with E-state index in [0.29, 0.717) is 21.4 Å². The lowest BCUT2D eigenvalue weighted by molar-refractivity contribution is -0.113. The van der Waals surface area contributed by atoms with Crippen molar-refractivity contribution in [2.24, 2.45) is 0 Å². The van der Waals surface area contributed by atoms with E-state index in [1.165, 1.54) is 23.1 Å². The molecule has 156 valence electrons. The average Bonchev–Trinajstić information content (AvgIpc) is 3.14. The summed E-state index contributed by atoms with van der Waals surface area (Å²) in [6.07, 6.45) is 0. The lowest BCUT2D eigenvalue weighted by Crippen LogP contribution is -2.13. The molecule has 2 amide bonds. The second-order valence-corrected chi connectivity index (χ2v) is 9.33. The normalized spacial score (nSPS) is 10.8. The van der Waals surface area contributed by atoms with Gasteiger partial charge in [-0.1, -0.05) is 35.1 Å². The molecular formula is C23H18ClN3O2S2. The summed E-state index contributed by atoms with van der Waals surface area (Å²) in [5, 5.41) is 6.81. The lowest BCUT2D eigenvalue weighted by atomic mass is 10.2. The molecule has 8 heteroatoms. The van der Waals surface area contributed by atoms with Crippen molar-refractivity contribution in [1.82, 2.24) is 4.98 Å². The van der Waals surface area contributed by atoms with E-state index in [4.69, 9.17) is 11.6 Å². The number of rotatable bonds is 6. The van der Waals surface area contributed by atoms with Gasteiger partial charge in [0, 0.05) is 21.2 Å². The molecule has 31 heavy (non-hydrogen) atoms. The summed E-state index contributed by atoms with van der Waals surface area (Å²) in [6, 6.07) is 20.1. The van der Waals surface area contributed by atoms with Crippen LogP contribution >= 0.6 is 34.7 Å². The minimum absolute atomic E-state index is 0.112. The predicted molar refractivity (Wildman–Crippen MR) is 130 cm³/mol. The summed E-state index contributed by atoms with van der Waals surface area (Å²) in [7, 11) is 0. The number of thioether (sulfide) groups is 1. The van der Waals surface area contributed by atoms with E-state index in [2.05, 4.69) is 21.7 Å². The number of carbonyl (C=O) groups is 2. The molecular weight excluding hydrogens is 450 g/mol. The monoisotopic (exact) mass is 467 g/mol. The van der Waals surface area contributed by atoms with Gasteiger partial charge in [0.05, 0.1) is 16.0 Å². The zero-order valence-electron chi connectivity index (χ0n) is 16.5. The van der Waals surface area contributed by atoms with Gasteiger partial charge in [-0.05, 0) is 67.1 Å². The number of thiazole rings is 1. The molecule has 0 spiro atoms. The molecule has 0 saturated heterocycles. The van der Waals surface area contributed by atoms with E-state index in [9.17, 15) is 9.59 Å². The van der Waals surface area contributed by atoms with Crippen LogP contribution in [0.1, 0.15) is 15.9 Å². The standard InChI is InChI=1S/C23H18ClN3O2S2/c1-14-5-10-19-20(11-14)31-23(26-19)27-21(28)13-30-18-8-6-17(7-9-18)25-22(29)15-3-2-4-16(24)12-15/h2-12H,13H2,1H3,(H,25,29)(H,26,27,28). The number of aromatic nitrogens is 1. The minimum Gasteiger partial charge on any atom is -0.322 e. The Kier molecular flexibility index (Phi) is 6.56. The Bertz CT molecular complexity index is 1260. The maximum atomic E-state index is 12.3. The van der Waals surface area contributed by atoms with Gasteiger partial charge in [-0.25, -0.2) is 4.98 Å². The Morgan fingerprint density at radius 2 is 1.84 bits per heavy atom. The highest BCUT2D eigenvalue weighted by Crippen LogP contribution is 2.27. The Morgan fingerprint density at radius 3 is 2.61 bits per heavy atom. The van der Waals surface area contributed by atoms with E-state index in [1.54, 1.807) is 36.4 Å². The highest BCUT2D eigenvalue weighted by Gasteiger charge is 2.10. The first-order valence-electron chi connectivity index (χ1n) is 9.43. The number of hydrogen-bond acceptors (Lipinski definition) is 5. The summed E-state index contributed by atoms with van der Waals surface area (Å²) in [6.45, 7) is 2.03. The summed E-state index contributed by atoms with van der Waals surface area (Å²) < 4.78 is 1.05. The Hall–Kier alpha value is -2.87. The van der Waals surface area contributed by atoms with Gasteiger partial charge in [-0.2, -0.15) is 0 Å². The maximum absolute atomic E-state index is 12.3. The van der Waals surface area contributed by atoms with Crippen LogP contribution in [0.15, 0.2) is 71.6 Å². The first kappa shape index (κ1) is 21.4. The Balaban J connectivity index is 1.30. The number of nitrogens with one attached hydrogen (secondary N) is 2. The summed E-state index contributed by atoms with van der Waals surface area (Å²) in [5.41, 5.74) is 3.21. The van der Waals surface area contributed by atoms with Crippen LogP contribution in [0.4, 0.5) is 10.8 Å². The van der Waals surface area contributed by atoms with E-state index in [1.807, 2.05) is 31.2 Å². The third kappa shape index (κ3) is 5.64. The van der Waals surface area contributed by atoms with Crippen molar-refractivity contribution in [3.63, 3.8) is 0 Å². The van der Waals surface area contributed by atoms with E-state index in [0.717, 1.165) is 20.7 Å². The van der Waals surface area contributed by atoms with Crippen molar-refractivity contribution in [1.29, 1.82) is 0 Å². The fraction of sp³-hybridized carbons (Fsp3) is 0.0870. The van der Waals surface area contributed by atoms with Crippen molar-refractivity contribution in [3.05, 3.63) is 82.9 Å². The largest absolute Gasteiger partial charge is 0.322 e. The van der Waals surface area contributed by atoms with Gasteiger partial charge in [-0.3, -0.25) is 9.59 Å². The van der Waals surface area contributed by atoms with Gasteiger partial charge < -0.3 is 10.6 Å². The number of anilines is 2. The van der Waals surface area contributed by atoms with Gasteiger partial charge in [0.2, 0.25) is 5.91 Å². The Labute approximate surface area is 192 Å². The summed E-state index contributed by atoms with van der Waals surface area (Å²) >= 11 is 8.82. The molecule has 1 aromatic heterocycles. The predicted octanol–water partition coefficient (Wildman–Crippen LogP) is 6.24. The molecule has 0 aliphatic carbocycles. The van der Waals surface area contributed by atoms with Gasteiger partial charge >= 0.3 is 0 Å². The maximum Gasteiger partial charge on any atom is 0.255 e. The topological polar surface area (TPSA) is 71.1 Å². The van der Waals surface area contributed by atoms with E-state index >= 15 is 0 Å². The molecule has 0 saturated carbocycles. The first-order chi connectivity index (χ1) is 15.0. The number of halogens is 1. The van der Waals surface area contributed by atoms with Crippen LogP contribution < -0.4 is 10.6 Å². The van der Waals surface area contributed by atoms with Gasteiger partial charge in [0.25, 0.3) is 5.91 Å². The third-order valence-corrected chi connectivity index (χ3v) is 6.54. The number of fused-ring (bicyclic) bond motifs is 1. The highest BCUT2D eigenvalue weighted by molar-refractivity contribution is 8.00. The molecule has 3 aromatic carbocycles. The minimum atomic E-state index is -0.228. The van der Waals surface area contributed by atoms with Crippen LogP contribution in [-0.2, 0) is 4.79 Å². The SMILES string of the molecule is Cc1ccc2nc(NC(=O)CSc3ccc(NC(=O)c4cccc(Cl)c4)cc3)sc2c1. The van der Waals surface area contributed by atoms with E-state index < -0.39 is 0 Å². The molecule has 0 unspecified atom stereocenters. The van der Waals surface area contributed by atoms with Crippen LogP contribution in [-0.4, -0.2) is 22.6 Å². The van der Waals surface area contributed by atoms with Crippen LogP contribution in [0, 0.1) is 6.92 Å². The number of nitrogens with zero attached hydrogens (tertiary/aromatic N) is 1. The van der Waals surface area contributed by atoms with Crippen LogP contribution in [0.3, 0.4) is 0 Å². The van der Waals surface area contributed by atoms with Gasteiger partial charge in [-0.15, -0.1) is 11.8 Å². The second-order valence-electron chi connectivity index (χ2n) is 6.82. The molecule has 0 bridgehead atoms. The molecule has 5 nitrogen and oxygen atoms in total. The average molecular weight is 468 g/mol. The second kappa shape index (κ2) is 9.51. The van der Waals surface area contributed by atoms with E-state index in [-0.39, 0.29) is 17.6 Å². The van der Waals surface area contributed by atoms with Gasteiger partial charge in [0.15, 0.2) is 5.13 Å². The van der Waals surface area contributed by atoms with Crippen LogP contribution in [0.5, 0.6) is 0 Å². The number of benzene rings is 3. The molecule has 4 aromatic rings. The quantitative estimate of drug-likeness (QED) is 0.329. The van der Waals surface area contributed by atoms with Gasteiger partial charge in [0.1, 0.15) is 0 Å². The number of hydrogen-bond donors (Lipinski definition) is 2. The fourth-order valence-corrected chi connectivity index (χ4v) is 4.73. The molecule has 0 aliphatic rings. The van der Waals surface area contributed by atoms with Crippen molar-refractivity contribution < 1.29 is 9.59 Å². The summed E-state index contributed by atoms with van der Waals surface area (Å²) in [4.78, 5) is 30.0. The first-order valence-corrected chi connectivity index (χ1v) is 11.6. The molecule has 0 radical (unpaired) electrons. The molecule has 2 N–H and O–H groups in total. The zero-order chi connectivity index (χ0) is 21.8. The fourth-order valence-electron chi connectivity index (χ4n) is 2.86.